The summed E-state index contributed by atoms with van der Waals surface area (Å²) in [4.78, 5) is 16.3. The highest BCUT2D eigenvalue weighted by molar-refractivity contribution is 7.91. The summed E-state index contributed by atoms with van der Waals surface area (Å²) in [5.74, 6) is 0.671. The molecule has 0 N–H and O–H groups in total. The summed E-state index contributed by atoms with van der Waals surface area (Å²) in [5, 5.41) is 0. The number of likely N-dealkylation sites (tertiary alicyclic amines) is 1. The fourth-order valence-corrected chi connectivity index (χ4v) is 5.20. The Labute approximate surface area is 138 Å². The standard InChI is InChI=1S/C17H24N2O3S/c1-18(16-8-11-23(21,22)13-16)12-14-4-6-15(7-5-14)17(20)19-9-2-3-10-19/h4-7,16H,2-3,8-13H2,1H3/t16-/m1/s1. The molecule has 2 saturated heterocycles. The molecule has 2 aliphatic heterocycles. The second kappa shape index (κ2) is 6.61. The third-order valence-corrected chi connectivity index (χ3v) is 6.61. The molecule has 5 nitrogen and oxygen atoms in total. The first-order valence-electron chi connectivity index (χ1n) is 8.23. The molecule has 0 spiro atoms. The maximum Gasteiger partial charge on any atom is 0.253 e. The number of carbonyl (C=O) groups is 1. The van der Waals surface area contributed by atoms with Gasteiger partial charge in [0.15, 0.2) is 9.84 Å². The summed E-state index contributed by atoms with van der Waals surface area (Å²) in [6, 6.07) is 7.82. The van der Waals surface area contributed by atoms with Gasteiger partial charge >= 0.3 is 0 Å². The molecule has 126 valence electrons. The summed E-state index contributed by atoms with van der Waals surface area (Å²) in [7, 11) is -0.885. The smallest absolute Gasteiger partial charge is 0.253 e. The van der Waals surface area contributed by atoms with E-state index in [0.717, 1.165) is 37.1 Å². The second-order valence-corrected chi connectivity index (χ2v) is 8.90. The number of amides is 1. The molecule has 0 radical (unpaired) electrons. The average molecular weight is 336 g/mol. The molecule has 3 rings (SSSR count). The first kappa shape index (κ1) is 16.5. The summed E-state index contributed by atoms with van der Waals surface area (Å²) < 4.78 is 23.1. The van der Waals surface area contributed by atoms with Crippen LogP contribution in [0, 0.1) is 0 Å². The maximum atomic E-state index is 12.3. The Hall–Kier alpha value is -1.40. The van der Waals surface area contributed by atoms with Gasteiger partial charge in [-0.05, 0) is 44.0 Å². The second-order valence-electron chi connectivity index (χ2n) is 6.67. The van der Waals surface area contributed by atoms with E-state index >= 15 is 0 Å². The van der Waals surface area contributed by atoms with Gasteiger partial charge in [-0.1, -0.05) is 12.1 Å². The van der Waals surface area contributed by atoms with E-state index in [9.17, 15) is 13.2 Å². The predicted molar refractivity (Wildman–Crippen MR) is 90.1 cm³/mol. The van der Waals surface area contributed by atoms with E-state index in [1.54, 1.807) is 0 Å². The summed E-state index contributed by atoms with van der Waals surface area (Å²) >= 11 is 0. The van der Waals surface area contributed by atoms with E-state index in [-0.39, 0.29) is 17.7 Å². The number of hydrogen-bond acceptors (Lipinski definition) is 4. The third kappa shape index (κ3) is 3.93. The molecule has 0 bridgehead atoms. The molecule has 2 fully saturated rings. The van der Waals surface area contributed by atoms with Crippen molar-refractivity contribution in [1.29, 1.82) is 0 Å². The molecular weight excluding hydrogens is 312 g/mol. The zero-order chi connectivity index (χ0) is 16.4. The Balaban J connectivity index is 1.60. The minimum atomic E-state index is -2.85. The SMILES string of the molecule is CN(Cc1ccc(C(=O)N2CCCC2)cc1)[C@@H]1CCS(=O)(=O)C1. The van der Waals surface area contributed by atoms with Crippen molar-refractivity contribution < 1.29 is 13.2 Å². The Morgan fingerprint density at radius 3 is 2.43 bits per heavy atom. The third-order valence-electron chi connectivity index (χ3n) is 4.86. The maximum absolute atomic E-state index is 12.3. The van der Waals surface area contributed by atoms with E-state index < -0.39 is 9.84 Å². The van der Waals surface area contributed by atoms with Gasteiger partial charge in [0.1, 0.15) is 0 Å². The highest BCUT2D eigenvalue weighted by Gasteiger charge is 2.30. The van der Waals surface area contributed by atoms with Crippen LogP contribution < -0.4 is 0 Å². The molecule has 6 heteroatoms. The molecule has 1 amide bonds. The van der Waals surface area contributed by atoms with Gasteiger partial charge in [0.2, 0.25) is 0 Å². The van der Waals surface area contributed by atoms with Crippen LogP contribution in [0.4, 0.5) is 0 Å². The summed E-state index contributed by atoms with van der Waals surface area (Å²) in [6.07, 6.45) is 2.90. The van der Waals surface area contributed by atoms with Crippen molar-refractivity contribution in [3.05, 3.63) is 35.4 Å². The average Bonchev–Trinajstić information content (AvgIpc) is 3.16. The number of benzene rings is 1. The van der Waals surface area contributed by atoms with E-state index in [4.69, 9.17) is 0 Å². The van der Waals surface area contributed by atoms with Crippen LogP contribution in [0.15, 0.2) is 24.3 Å². The topological polar surface area (TPSA) is 57.7 Å². The van der Waals surface area contributed by atoms with Gasteiger partial charge in [-0.25, -0.2) is 8.42 Å². The van der Waals surface area contributed by atoms with Crippen molar-refractivity contribution in [3.8, 4) is 0 Å². The minimum absolute atomic E-state index is 0.103. The first-order valence-corrected chi connectivity index (χ1v) is 10.1. The van der Waals surface area contributed by atoms with Crippen LogP contribution in [0.5, 0.6) is 0 Å². The van der Waals surface area contributed by atoms with Crippen molar-refractivity contribution >= 4 is 15.7 Å². The number of rotatable bonds is 4. The normalized spacial score (nSPS) is 23.6. The van der Waals surface area contributed by atoms with Gasteiger partial charge in [-0.3, -0.25) is 9.69 Å². The van der Waals surface area contributed by atoms with Gasteiger partial charge in [-0.2, -0.15) is 0 Å². The predicted octanol–water partition coefficient (Wildman–Crippen LogP) is 1.54. The molecule has 0 aromatic heterocycles. The summed E-state index contributed by atoms with van der Waals surface area (Å²) in [6.45, 7) is 2.43. The molecular formula is C17H24N2O3S. The van der Waals surface area contributed by atoms with Crippen molar-refractivity contribution in [2.24, 2.45) is 0 Å². The lowest BCUT2D eigenvalue weighted by molar-refractivity contribution is 0.0793. The Kier molecular flexibility index (Phi) is 4.73. The zero-order valence-electron chi connectivity index (χ0n) is 13.6. The lowest BCUT2D eigenvalue weighted by Gasteiger charge is -2.23. The molecule has 0 unspecified atom stereocenters. The highest BCUT2D eigenvalue weighted by atomic mass is 32.2. The number of nitrogens with zero attached hydrogens (tertiary/aromatic N) is 2. The lowest BCUT2D eigenvalue weighted by Crippen LogP contribution is -2.32. The van der Waals surface area contributed by atoms with Crippen molar-refractivity contribution in [2.75, 3.05) is 31.6 Å². The lowest BCUT2D eigenvalue weighted by atomic mass is 10.1. The highest BCUT2D eigenvalue weighted by Crippen LogP contribution is 2.19. The summed E-state index contributed by atoms with van der Waals surface area (Å²) in [5.41, 5.74) is 1.84. The molecule has 1 aromatic rings. The minimum Gasteiger partial charge on any atom is -0.339 e. The monoisotopic (exact) mass is 336 g/mol. The van der Waals surface area contributed by atoms with Crippen molar-refractivity contribution in [1.82, 2.24) is 9.80 Å². The van der Waals surface area contributed by atoms with Gasteiger partial charge in [0, 0.05) is 31.2 Å². The van der Waals surface area contributed by atoms with Crippen molar-refractivity contribution in [3.63, 3.8) is 0 Å². The van der Waals surface area contributed by atoms with E-state index in [1.165, 1.54) is 0 Å². The fraction of sp³-hybridized carbons (Fsp3) is 0.588. The fourth-order valence-electron chi connectivity index (χ4n) is 3.40. The van der Waals surface area contributed by atoms with Crippen molar-refractivity contribution in [2.45, 2.75) is 31.8 Å². The quantitative estimate of drug-likeness (QED) is 0.837. The number of carbonyl (C=O) groups excluding carboxylic acids is 1. The van der Waals surface area contributed by atoms with E-state index in [1.807, 2.05) is 36.2 Å². The van der Waals surface area contributed by atoms with Crippen LogP contribution in [0.1, 0.15) is 35.2 Å². The molecule has 1 aromatic carbocycles. The first-order chi connectivity index (χ1) is 10.9. The molecule has 23 heavy (non-hydrogen) atoms. The van der Waals surface area contributed by atoms with Crippen LogP contribution >= 0.6 is 0 Å². The van der Waals surface area contributed by atoms with Gasteiger partial charge in [-0.15, -0.1) is 0 Å². The van der Waals surface area contributed by atoms with E-state index in [2.05, 4.69) is 4.90 Å². The number of sulfone groups is 1. The number of hydrogen-bond donors (Lipinski definition) is 0. The molecule has 0 aliphatic carbocycles. The molecule has 2 heterocycles. The van der Waals surface area contributed by atoms with Gasteiger partial charge < -0.3 is 4.90 Å². The zero-order valence-corrected chi connectivity index (χ0v) is 14.4. The molecule has 2 aliphatic rings. The van der Waals surface area contributed by atoms with Crippen LogP contribution in [0.2, 0.25) is 0 Å². The van der Waals surface area contributed by atoms with Crippen LogP contribution in [0.25, 0.3) is 0 Å². The van der Waals surface area contributed by atoms with E-state index in [0.29, 0.717) is 18.7 Å². The Morgan fingerprint density at radius 1 is 1.22 bits per heavy atom. The van der Waals surface area contributed by atoms with Gasteiger partial charge in [0.25, 0.3) is 5.91 Å². The van der Waals surface area contributed by atoms with Crippen LogP contribution in [0.3, 0.4) is 0 Å². The molecule has 0 saturated carbocycles. The Morgan fingerprint density at radius 2 is 1.87 bits per heavy atom. The molecule has 1 atom stereocenters. The van der Waals surface area contributed by atoms with Crippen LogP contribution in [-0.4, -0.2) is 61.8 Å². The van der Waals surface area contributed by atoms with Gasteiger partial charge in [0.05, 0.1) is 11.5 Å². The van der Waals surface area contributed by atoms with Crippen LogP contribution in [-0.2, 0) is 16.4 Å². The largest absolute Gasteiger partial charge is 0.339 e. The Bertz CT molecular complexity index is 664.